The Morgan fingerprint density at radius 2 is 2.15 bits per heavy atom. The van der Waals surface area contributed by atoms with Gasteiger partial charge < -0.3 is 9.52 Å². The highest BCUT2D eigenvalue weighted by Gasteiger charge is 2.10. The van der Waals surface area contributed by atoms with Crippen molar-refractivity contribution in [3.05, 3.63) is 36.1 Å². The molecule has 2 aromatic rings. The third-order valence-corrected chi connectivity index (χ3v) is 2.16. The van der Waals surface area contributed by atoms with Gasteiger partial charge >= 0.3 is 0 Å². The first-order chi connectivity index (χ1) is 6.31. The van der Waals surface area contributed by atoms with E-state index in [9.17, 15) is 5.11 Å². The van der Waals surface area contributed by atoms with E-state index in [-0.39, 0.29) is 0 Å². The van der Waals surface area contributed by atoms with Gasteiger partial charge in [-0.3, -0.25) is 0 Å². The summed E-state index contributed by atoms with van der Waals surface area (Å²) in [5.41, 5.74) is 0.838. The molecule has 0 aliphatic heterocycles. The predicted octanol–water partition coefficient (Wildman–Crippen LogP) is 2.88. The van der Waals surface area contributed by atoms with E-state index < -0.39 is 6.10 Å². The lowest BCUT2D eigenvalue weighted by Crippen LogP contribution is -1.90. The molecule has 0 amide bonds. The number of hydrogen-bond donors (Lipinski definition) is 1. The molecule has 0 saturated heterocycles. The van der Waals surface area contributed by atoms with Crippen molar-refractivity contribution in [1.82, 2.24) is 0 Å². The molecule has 1 heterocycles. The molecule has 0 bridgehead atoms. The monoisotopic (exact) mass is 176 g/mol. The van der Waals surface area contributed by atoms with Gasteiger partial charge in [0.05, 0.1) is 0 Å². The Kier molecular flexibility index (Phi) is 2.07. The van der Waals surface area contributed by atoms with E-state index in [4.69, 9.17) is 4.42 Å². The number of fused-ring (bicyclic) bond motifs is 1. The Hall–Kier alpha value is -1.28. The molecule has 0 saturated carbocycles. The van der Waals surface area contributed by atoms with Crippen LogP contribution in [0.4, 0.5) is 0 Å². The molecule has 0 radical (unpaired) electrons. The Bertz CT molecular complexity index is 370. The van der Waals surface area contributed by atoms with Gasteiger partial charge in [0.1, 0.15) is 17.4 Å². The number of para-hydroxylation sites is 1. The van der Waals surface area contributed by atoms with Crippen LogP contribution in [-0.2, 0) is 0 Å². The fourth-order valence-corrected chi connectivity index (χ4v) is 1.37. The van der Waals surface area contributed by atoms with Crippen LogP contribution in [0, 0.1) is 0 Å². The summed E-state index contributed by atoms with van der Waals surface area (Å²) in [6, 6.07) is 9.66. The minimum atomic E-state index is -0.479. The third-order valence-electron chi connectivity index (χ3n) is 2.16. The van der Waals surface area contributed by atoms with Gasteiger partial charge in [0.2, 0.25) is 0 Å². The minimum Gasteiger partial charge on any atom is -0.458 e. The molecule has 2 nitrogen and oxygen atoms in total. The van der Waals surface area contributed by atoms with Crippen molar-refractivity contribution in [1.29, 1.82) is 0 Å². The maximum atomic E-state index is 9.54. The van der Waals surface area contributed by atoms with E-state index in [0.29, 0.717) is 12.2 Å². The summed E-state index contributed by atoms with van der Waals surface area (Å²) in [4.78, 5) is 0. The van der Waals surface area contributed by atoms with Crippen molar-refractivity contribution in [2.24, 2.45) is 0 Å². The van der Waals surface area contributed by atoms with E-state index in [2.05, 4.69) is 0 Å². The average molecular weight is 176 g/mol. The van der Waals surface area contributed by atoms with Crippen molar-refractivity contribution in [2.75, 3.05) is 0 Å². The second kappa shape index (κ2) is 3.23. The van der Waals surface area contributed by atoms with Gasteiger partial charge in [-0.05, 0) is 18.6 Å². The molecule has 0 aliphatic rings. The summed E-state index contributed by atoms with van der Waals surface area (Å²) in [5.74, 6) is 0.656. The van der Waals surface area contributed by atoms with E-state index in [1.165, 1.54) is 0 Å². The first kappa shape index (κ1) is 8.32. The fraction of sp³-hybridized carbons (Fsp3) is 0.273. The van der Waals surface area contributed by atoms with Gasteiger partial charge in [-0.15, -0.1) is 0 Å². The number of benzene rings is 1. The summed E-state index contributed by atoms with van der Waals surface area (Å²) >= 11 is 0. The van der Waals surface area contributed by atoms with E-state index in [1.807, 2.05) is 37.3 Å². The standard InChI is InChI=1S/C11H12O2/c1-2-9(12)11-7-8-5-3-4-6-10(8)13-11/h3-7,9,12H,2H2,1H3/t9-/m0/s1. The van der Waals surface area contributed by atoms with E-state index in [1.54, 1.807) is 0 Å². The smallest absolute Gasteiger partial charge is 0.134 e. The van der Waals surface area contributed by atoms with Crippen LogP contribution in [0.15, 0.2) is 34.7 Å². The summed E-state index contributed by atoms with van der Waals surface area (Å²) in [5, 5.41) is 10.6. The zero-order valence-corrected chi connectivity index (χ0v) is 7.53. The first-order valence-electron chi connectivity index (χ1n) is 4.48. The number of aliphatic hydroxyl groups is 1. The van der Waals surface area contributed by atoms with Gasteiger partial charge in [0.15, 0.2) is 0 Å². The van der Waals surface area contributed by atoms with Crippen molar-refractivity contribution >= 4 is 11.0 Å². The topological polar surface area (TPSA) is 33.4 Å². The molecule has 2 rings (SSSR count). The molecule has 2 heteroatoms. The zero-order chi connectivity index (χ0) is 9.26. The average Bonchev–Trinajstić information content (AvgIpc) is 2.59. The van der Waals surface area contributed by atoms with Crippen LogP contribution >= 0.6 is 0 Å². The normalized spacial score (nSPS) is 13.4. The highest BCUT2D eigenvalue weighted by atomic mass is 16.4. The molecule has 0 spiro atoms. The Labute approximate surface area is 76.8 Å². The maximum absolute atomic E-state index is 9.54. The van der Waals surface area contributed by atoms with Crippen LogP contribution in [0.5, 0.6) is 0 Å². The highest BCUT2D eigenvalue weighted by Crippen LogP contribution is 2.24. The first-order valence-corrected chi connectivity index (χ1v) is 4.48. The van der Waals surface area contributed by atoms with Gasteiger partial charge in [0, 0.05) is 5.39 Å². The molecule has 1 aromatic heterocycles. The quantitative estimate of drug-likeness (QED) is 0.763. The fourth-order valence-electron chi connectivity index (χ4n) is 1.37. The molecule has 1 N–H and O–H groups in total. The van der Waals surface area contributed by atoms with Crippen LogP contribution < -0.4 is 0 Å². The van der Waals surface area contributed by atoms with Crippen molar-refractivity contribution < 1.29 is 9.52 Å². The summed E-state index contributed by atoms with van der Waals surface area (Å²) in [6.45, 7) is 1.93. The van der Waals surface area contributed by atoms with Gasteiger partial charge in [-0.2, -0.15) is 0 Å². The Morgan fingerprint density at radius 3 is 2.85 bits per heavy atom. The summed E-state index contributed by atoms with van der Waals surface area (Å²) in [6.07, 6.45) is 0.201. The molecule has 1 aromatic carbocycles. The zero-order valence-electron chi connectivity index (χ0n) is 7.53. The van der Waals surface area contributed by atoms with Crippen LogP contribution in [0.3, 0.4) is 0 Å². The van der Waals surface area contributed by atoms with Gasteiger partial charge in [0.25, 0.3) is 0 Å². The molecular weight excluding hydrogens is 164 g/mol. The van der Waals surface area contributed by atoms with Crippen LogP contribution in [-0.4, -0.2) is 5.11 Å². The molecule has 68 valence electrons. The summed E-state index contributed by atoms with van der Waals surface area (Å²) < 4.78 is 5.47. The van der Waals surface area contributed by atoms with Gasteiger partial charge in [-0.25, -0.2) is 0 Å². The number of hydrogen-bond acceptors (Lipinski definition) is 2. The minimum absolute atomic E-state index is 0.479. The predicted molar refractivity (Wildman–Crippen MR) is 51.5 cm³/mol. The van der Waals surface area contributed by atoms with E-state index in [0.717, 1.165) is 11.0 Å². The lowest BCUT2D eigenvalue weighted by molar-refractivity contribution is 0.148. The molecule has 0 fully saturated rings. The van der Waals surface area contributed by atoms with Crippen molar-refractivity contribution in [3.8, 4) is 0 Å². The molecule has 0 aliphatic carbocycles. The number of aliphatic hydroxyl groups excluding tert-OH is 1. The SMILES string of the molecule is CC[C@H](O)c1cc2ccccc2o1. The van der Waals surface area contributed by atoms with Crippen LogP contribution in [0.1, 0.15) is 25.2 Å². The van der Waals surface area contributed by atoms with Crippen molar-refractivity contribution in [2.45, 2.75) is 19.4 Å². The second-order valence-electron chi connectivity index (χ2n) is 3.11. The molecule has 0 unspecified atom stereocenters. The van der Waals surface area contributed by atoms with Crippen LogP contribution in [0.25, 0.3) is 11.0 Å². The second-order valence-corrected chi connectivity index (χ2v) is 3.11. The lowest BCUT2D eigenvalue weighted by Gasteiger charge is -2.00. The third kappa shape index (κ3) is 1.45. The lowest BCUT2D eigenvalue weighted by atomic mass is 10.2. The van der Waals surface area contributed by atoms with Gasteiger partial charge in [-0.1, -0.05) is 25.1 Å². The van der Waals surface area contributed by atoms with Crippen molar-refractivity contribution in [3.63, 3.8) is 0 Å². The summed E-state index contributed by atoms with van der Waals surface area (Å²) in [7, 11) is 0. The molecule has 13 heavy (non-hydrogen) atoms. The number of furan rings is 1. The molecular formula is C11H12O2. The van der Waals surface area contributed by atoms with E-state index >= 15 is 0 Å². The number of rotatable bonds is 2. The Morgan fingerprint density at radius 1 is 1.38 bits per heavy atom. The highest BCUT2D eigenvalue weighted by molar-refractivity contribution is 5.77. The maximum Gasteiger partial charge on any atom is 0.134 e. The largest absolute Gasteiger partial charge is 0.458 e. The Balaban J connectivity index is 2.49. The molecule has 1 atom stereocenters. The van der Waals surface area contributed by atoms with Crippen LogP contribution in [0.2, 0.25) is 0 Å².